The van der Waals surface area contributed by atoms with Crippen LogP contribution in [0.4, 0.5) is 0 Å². The second kappa shape index (κ2) is 3.05. The van der Waals surface area contributed by atoms with E-state index >= 15 is 0 Å². The first-order valence-corrected chi connectivity index (χ1v) is 4.20. The molecule has 0 fully saturated rings. The Balaban J connectivity index is 2.79. The molecule has 1 aromatic heterocycles. The first-order valence-electron chi connectivity index (χ1n) is 4.20. The van der Waals surface area contributed by atoms with Crippen molar-refractivity contribution in [2.75, 3.05) is 7.11 Å². The molecule has 0 bridgehead atoms. The third-order valence-corrected chi connectivity index (χ3v) is 2.08. The molecule has 2 nitrogen and oxygen atoms in total. The minimum atomic E-state index is 0.696. The first-order chi connectivity index (χ1) is 6.31. The van der Waals surface area contributed by atoms with E-state index in [4.69, 9.17) is 4.74 Å². The topological polar surface area (TPSA) is 22.1 Å². The summed E-state index contributed by atoms with van der Waals surface area (Å²) in [6.07, 6.45) is 1.76. The maximum Gasteiger partial charge on any atom is 0.221 e. The Morgan fingerprint density at radius 3 is 2.85 bits per heavy atom. The molecule has 0 N–H and O–H groups in total. The molecule has 0 atom stereocenters. The van der Waals surface area contributed by atoms with E-state index in [9.17, 15) is 0 Å². The van der Waals surface area contributed by atoms with Crippen molar-refractivity contribution in [2.24, 2.45) is 0 Å². The molecular weight excluding hydrogens is 162 g/mol. The normalized spacial score (nSPS) is 10.3. The monoisotopic (exact) mass is 173 g/mol. The number of hydrogen-bond donors (Lipinski definition) is 0. The molecule has 0 aliphatic heterocycles. The van der Waals surface area contributed by atoms with Crippen LogP contribution in [0.2, 0.25) is 0 Å². The van der Waals surface area contributed by atoms with Gasteiger partial charge < -0.3 is 4.74 Å². The van der Waals surface area contributed by atoms with Gasteiger partial charge in [-0.15, -0.1) is 0 Å². The number of aromatic nitrogens is 1. The molecular formula is C11H11NO. The molecule has 0 aliphatic rings. The summed E-state index contributed by atoms with van der Waals surface area (Å²) >= 11 is 0. The summed E-state index contributed by atoms with van der Waals surface area (Å²) in [5.74, 6) is 0.696. The molecule has 0 unspecified atom stereocenters. The fraction of sp³-hybridized carbons (Fsp3) is 0.182. The predicted octanol–water partition coefficient (Wildman–Crippen LogP) is 2.55. The van der Waals surface area contributed by atoms with Gasteiger partial charge in [-0.05, 0) is 24.4 Å². The molecule has 0 radical (unpaired) electrons. The minimum absolute atomic E-state index is 0.696. The van der Waals surface area contributed by atoms with Gasteiger partial charge in [0.1, 0.15) is 0 Å². The lowest BCUT2D eigenvalue weighted by atomic mass is 10.1. The van der Waals surface area contributed by atoms with Crippen LogP contribution in [-0.2, 0) is 0 Å². The van der Waals surface area contributed by atoms with E-state index in [1.807, 2.05) is 6.07 Å². The second-order valence-corrected chi connectivity index (χ2v) is 3.04. The Morgan fingerprint density at radius 2 is 2.08 bits per heavy atom. The van der Waals surface area contributed by atoms with E-state index in [2.05, 4.69) is 30.1 Å². The Morgan fingerprint density at radius 1 is 1.23 bits per heavy atom. The van der Waals surface area contributed by atoms with E-state index in [-0.39, 0.29) is 0 Å². The average molecular weight is 173 g/mol. The zero-order chi connectivity index (χ0) is 9.26. The number of ether oxygens (including phenoxy) is 1. The van der Waals surface area contributed by atoms with Crippen molar-refractivity contribution in [3.05, 3.63) is 36.0 Å². The zero-order valence-electron chi connectivity index (χ0n) is 7.74. The fourth-order valence-corrected chi connectivity index (χ4v) is 1.42. The van der Waals surface area contributed by atoms with Crippen LogP contribution in [0.5, 0.6) is 5.88 Å². The molecule has 13 heavy (non-hydrogen) atoms. The van der Waals surface area contributed by atoms with Crippen LogP contribution in [0.25, 0.3) is 10.8 Å². The standard InChI is InChI=1S/C11H11NO/c1-8-3-4-9-5-6-12-11(13-2)10(9)7-8/h3-7H,1-2H3. The lowest BCUT2D eigenvalue weighted by Gasteiger charge is -2.03. The van der Waals surface area contributed by atoms with E-state index in [1.165, 1.54) is 5.56 Å². The molecule has 0 saturated carbocycles. The van der Waals surface area contributed by atoms with Gasteiger partial charge in [0.2, 0.25) is 5.88 Å². The lowest BCUT2D eigenvalue weighted by Crippen LogP contribution is -1.88. The summed E-state index contributed by atoms with van der Waals surface area (Å²) in [5.41, 5.74) is 1.22. The molecule has 2 rings (SSSR count). The molecule has 66 valence electrons. The number of aryl methyl sites for hydroxylation is 1. The van der Waals surface area contributed by atoms with Gasteiger partial charge in [0.15, 0.2) is 0 Å². The SMILES string of the molecule is COc1nccc2ccc(C)cc12. The van der Waals surface area contributed by atoms with E-state index in [1.54, 1.807) is 13.3 Å². The third kappa shape index (κ3) is 1.35. The van der Waals surface area contributed by atoms with Gasteiger partial charge in [0.05, 0.1) is 7.11 Å². The van der Waals surface area contributed by atoms with Gasteiger partial charge >= 0.3 is 0 Å². The lowest BCUT2D eigenvalue weighted by molar-refractivity contribution is 0.403. The van der Waals surface area contributed by atoms with Gasteiger partial charge in [-0.1, -0.05) is 17.7 Å². The quantitative estimate of drug-likeness (QED) is 0.661. The third-order valence-electron chi connectivity index (χ3n) is 2.08. The maximum atomic E-state index is 5.17. The summed E-state index contributed by atoms with van der Waals surface area (Å²) in [6, 6.07) is 8.23. The smallest absolute Gasteiger partial charge is 0.221 e. The van der Waals surface area contributed by atoms with Gasteiger partial charge in [-0.25, -0.2) is 4.98 Å². The van der Waals surface area contributed by atoms with Crippen LogP contribution >= 0.6 is 0 Å². The van der Waals surface area contributed by atoms with Crippen LogP contribution in [0, 0.1) is 6.92 Å². The van der Waals surface area contributed by atoms with Crippen LogP contribution < -0.4 is 4.74 Å². The number of nitrogens with zero attached hydrogens (tertiary/aromatic N) is 1. The summed E-state index contributed by atoms with van der Waals surface area (Å²) in [6.45, 7) is 2.06. The van der Waals surface area contributed by atoms with Gasteiger partial charge in [-0.2, -0.15) is 0 Å². The van der Waals surface area contributed by atoms with Crippen molar-refractivity contribution in [1.29, 1.82) is 0 Å². The highest BCUT2D eigenvalue weighted by Gasteiger charge is 2.00. The minimum Gasteiger partial charge on any atom is -0.481 e. The molecule has 1 heterocycles. The molecule has 0 aliphatic carbocycles. The fourth-order valence-electron chi connectivity index (χ4n) is 1.42. The van der Waals surface area contributed by atoms with Gasteiger partial charge in [0.25, 0.3) is 0 Å². The van der Waals surface area contributed by atoms with E-state index < -0.39 is 0 Å². The molecule has 0 saturated heterocycles. The first kappa shape index (κ1) is 8.05. The van der Waals surface area contributed by atoms with Gasteiger partial charge in [-0.3, -0.25) is 0 Å². The summed E-state index contributed by atoms with van der Waals surface area (Å²) in [4.78, 5) is 4.14. The Kier molecular flexibility index (Phi) is 1.89. The largest absolute Gasteiger partial charge is 0.481 e. The highest BCUT2D eigenvalue weighted by atomic mass is 16.5. The van der Waals surface area contributed by atoms with Crippen LogP contribution in [0.15, 0.2) is 30.5 Å². The van der Waals surface area contributed by atoms with Crippen molar-refractivity contribution in [3.63, 3.8) is 0 Å². The highest BCUT2D eigenvalue weighted by Crippen LogP contribution is 2.23. The number of hydrogen-bond acceptors (Lipinski definition) is 2. The maximum absolute atomic E-state index is 5.17. The number of pyridine rings is 1. The highest BCUT2D eigenvalue weighted by molar-refractivity contribution is 5.87. The van der Waals surface area contributed by atoms with Crippen LogP contribution in [0.3, 0.4) is 0 Å². The van der Waals surface area contributed by atoms with E-state index in [0.29, 0.717) is 5.88 Å². The van der Waals surface area contributed by atoms with E-state index in [0.717, 1.165) is 10.8 Å². The van der Waals surface area contributed by atoms with Crippen LogP contribution in [0.1, 0.15) is 5.56 Å². The Bertz CT molecular complexity index is 437. The van der Waals surface area contributed by atoms with Crippen molar-refractivity contribution in [1.82, 2.24) is 4.98 Å². The summed E-state index contributed by atoms with van der Waals surface area (Å²) in [7, 11) is 1.64. The number of rotatable bonds is 1. The zero-order valence-corrected chi connectivity index (χ0v) is 7.74. The Labute approximate surface area is 77.2 Å². The van der Waals surface area contributed by atoms with Crippen LogP contribution in [-0.4, -0.2) is 12.1 Å². The number of benzene rings is 1. The molecule has 2 heteroatoms. The Hall–Kier alpha value is -1.57. The van der Waals surface area contributed by atoms with Crippen molar-refractivity contribution in [2.45, 2.75) is 6.92 Å². The number of methoxy groups -OCH3 is 1. The average Bonchev–Trinajstić information content (AvgIpc) is 2.17. The van der Waals surface area contributed by atoms with Gasteiger partial charge in [0, 0.05) is 11.6 Å². The molecule has 2 aromatic rings. The summed E-state index contributed by atoms with van der Waals surface area (Å²) < 4.78 is 5.17. The molecule has 0 spiro atoms. The van der Waals surface area contributed by atoms with Crippen molar-refractivity contribution < 1.29 is 4.74 Å². The molecule has 0 amide bonds. The second-order valence-electron chi connectivity index (χ2n) is 3.04. The predicted molar refractivity (Wildman–Crippen MR) is 53.0 cm³/mol. The van der Waals surface area contributed by atoms with Crippen molar-refractivity contribution in [3.8, 4) is 5.88 Å². The van der Waals surface area contributed by atoms with Crippen molar-refractivity contribution >= 4 is 10.8 Å². The number of fused-ring (bicyclic) bond motifs is 1. The summed E-state index contributed by atoms with van der Waals surface area (Å²) in [5, 5.41) is 2.24. The molecule has 1 aromatic carbocycles.